The summed E-state index contributed by atoms with van der Waals surface area (Å²) >= 11 is 24.3. The number of thioether (sulfide) groups is 1. The molecule has 0 aliphatic carbocycles. The third-order valence-corrected chi connectivity index (χ3v) is 5.82. The fourth-order valence-corrected chi connectivity index (χ4v) is 3.97. The number of amides is 1. The van der Waals surface area contributed by atoms with Crippen LogP contribution in [0.3, 0.4) is 0 Å². The van der Waals surface area contributed by atoms with E-state index in [0.717, 1.165) is 11.8 Å². The van der Waals surface area contributed by atoms with Crippen LogP contribution >= 0.6 is 58.8 Å². The molecule has 0 atom stereocenters. The van der Waals surface area contributed by atoms with Crippen molar-refractivity contribution in [1.82, 2.24) is 0 Å². The molecule has 132 valence electrons. The van der Waals surface area contributed by atoms with E-state index < -0.39 is 4.92 Å². The number of halogens is 3. The van der Waals surface area contributed by atoms with Crippen LogP contribution in [0, 0.1) is 10.1 Å². The van der Waals surface area contributed by atoms with Gasteiger partial charge < -0.3 is 0 Å². The number of rotatable bonds is 3. The van der Waals surface area contributed by atoms with Gasteiger partial charge in [-0.15, -0.1) is 0 Å². The summed E-state index contributed by atoms with van der Waals surface area (Å²) in [6, 6.07) is 8.74. The topological polar surface area (TPSA) is 63.4 Å². The number of carbonyl (C=O) groups excluding carboxylic acids is 1. The molecule has 0 spiro atoms. The molecule has 0 aromatic heterocycles. The average molecular weight is 446 g/mol. The van der Waals surface area contributed by atoms with Crippen LogP contribution in [0.1, 0.15) is 5.56 Å². The molecule has 1 aliphatic rings. The van der Waals surface area contributed by atoms with Crippen molar-refractivity contribution in [3.8, 4) is 0 Å². The van der Waals surface area contributed by atoms with E-state index in [1.54, 1.807) is 12.1 Å². The highest BCUT2D eigenvalue weighted by molar-refractivity contribution is 8.27. The Hall–Kier alpha value is -1.64. The van der Waals surface area contributed by atoms with Gasteiger partial charge in [0.15, 0.2) is 4.32 Å². The number of carbonyl (C=O) groups is 1. The quantitative estimate of drug-likeness (QED) is 0.252. The Balaban J connectivity index is 1.98. The lowest BCUT2D eigenvalue weighted by molar-refractivity contribution is -0.384. The molecule has 1 aliphatic heterocycles. The first-order chi connectivity index (χ1) is 12.3. The molecule has 10 heteroatoms. The van der Waals surface area contributed by atoms with Gasteiger partial charge in [-0.05, 0) is 30.3 Å². The van der Waals surface area contributed by atoms with E-state index in [0.29, 0.717) is 30.5 Å². The second-order valence-electron chi connectivity index (χ2n) is 5.08. The second-order valence-corrected chi connectivity index (χ2v) is 7.98. The SMILES string of the molecule is O=C1/C(=C\c2cc([N+](=O)[O-])ccc2Cl)SC(=S)N1c1ccc(Cl)c(Cl)c1. The summed E-state index contributed by atoms with van der Waals surface area (Å²) in [4.78, 5) is 24.8. The summed E-state index contributed by atoms with van der Waals surface area (Å²) in [6.07, 6.45) is 1.48. The van der Waals surface area contributed by atoms with E-state index >= 15 is 0 Å². The van der Waals surface area contributed by atoms with Crippen molar-refractivity contribution in [3.63, 3.8) is 0 Å². The molecule has 3 rings (SSSR count). The van der Waals surface area contributed by atoms with Gasteiger partial charge in [-0.3, -0.25) is 19.8 Å². The molecule has 0 unspecified atom stereocenters. The summed E-state index contributed by atoms with van der Waals surface area (Å²) in [5.41, 5.74) is 0.714. The molecule has 1 saturated heterocycles. The van der Waals surface area contributed by atoms with Gasteiger partial charge in [0.2, 0.25) is 0 Å². The van der Waals surface area contributed by atoms with Crippen molar-refractivity contribution >= 4 is 86.5 Å². The van der Waals surface area contributed by atoms with Crippen LogP contribution in [0.25, 0.3) is 6.08 Å². The minimum absolute atomic E-state index is 0.124. The molecule has 2 aromatic carbocycles. The maximum absolute atomic E-state index is 12.7. The lowest BCUT2D eigenvalue weighted by atomic mass is 10.2. The van der Waals surface area contributed by atoms with Crippen LogP contribution in [0.15, 0.2) is 41.3 Å². The fourth-order valence-electron chi connectivity index (χ4n) is 2.21. The third kappa shape index (κ3) is 3.72. The molecule has 26 heavy (non-hydrogen) atoms. The largest absolute Gasteiger partial charge is 0.270 e. The van der Waals surface area contributed by atoms with E-state index in [-0.39, 0.29) is 16.6 Å². The van der Waals surface area contributed by atoms with Gasteiger partial charge in [-0.1, -0.05) is 58.8 Å². The second kappa shape index (κ2) is 7.54. The Labute approximate surface area is 172 Å². The number of non-ortho nitro benzene ring substituents is 1. The van der Waals surface area contributed by atoms with Crippen molar-refractivity contribution < 1.29 is 9.72 Å². The van der Waals surface area contributed by atoms with E-state index in [9.17, 15) is 14.9 Å². The van der Waals surface area contributed by atoms with E-state index in [4.69, 9.17) is 47.0 Å². The Morgan fingerprint density at radius 2 is 1.77 bits per heavy atom. The lowest BCUT2D eigenvalue weighted by Gasteiger charge is -2.15. The van der Waals surface area contributed by atoms with Crippen LogP contribution in [0.4, 0.5) is 11.4 Å². The molecule has 1 fully saturated rings. The summed E-state index contributed by atoms with van der Waals surface area (Å²) in [6.45, 7) is 0. The minimum Gasteiger partial charge on any atom is -0.268 e. The van der Waals surface area contributed by atoms with E-state index in [2.05, 4.69) is 0 Å². The average Bonchev–Trinajstić information content (AvgIpc) is 2.86. The summed E-state index contributed by atoms with van der Waals surface area (Å²) < 4.78 is 0.307. The summed E-state index contributed by atoms with van der Waals surface area (Å²) in [5.74, 6) is -0.374. The molecule has 1 amide bonds. The van der Waals surface area contributed by atoms with Crippen LogP contribution < -0.4 is 4.90 Å². The standard InChI is InChI=1S/C16H7Cl3N2O3S2/c17-11-3-2-10(21(23)24)5-8(11)6-14-15(22)20(16(25)26-14)9-1-4-12(18)13(19)7-9/h1-7H/b14-6+. The summed E-state index contributed by atoms with van der Waals surface area (Å²) in [5, 5.41) is 11.9. The molecular weight excluding hydrogens is 439 g/mol. The van der Waals surface area contributed by atoms with Crippen molar-refractivity contribution in [1.29, 1.82) is 0 Å². The zero-order valence-corrected chi connectivity index (χ0v) is 16.5. The van der Waals surface area contributed by atoms with Crippen LogP contribution in [0.2, 0.25) is 15.1 Å². The van der Waals surface area contributed by atoms with Gasteiger partial charge in [0.05, 0.1) is 25.6 Å². The van der Waals surface area contributed by atoms with Crippen molar-refractivity contribution in [2.24, 2.45) is 0 Å². The Bertz CT molecular complexity index is 995. The van der Waals surface area contributed by atoms with Gasteiger partial charge >= 0.3 is 0 Å². The number of hydrogen-bond donors (Lipinski definition) is 0. The third-order valence-electron chi connectivity index (χ3n) is 3.43. The van der Waals surface area contributed by atoms with Crippen LogP contribution in [-0.2, 0) is 4.79 Å². The number of nitro groups is 1. The summed E-state index contributed by atoms with van der Waals surface area (Å²) in [7, 11) is 0. The van der Waals surface area contributed by atoms with E-state index in [1.165, 1.54) is 35.2 Å². The number of thiocarbonyl (C=S) groups is 1. The molecule has 2 aromatic rings. The molecule has 0 saturated carbocycles. The van der Waals surface area contributed by atoms with Gasteiger partial charge in [0.25, 0.3) is 11.6 Å². The Morgan fingerprint density at radius 1 is 1.08 bits per heavy atom. The first-order valence-electron chi connectivity index (χ1n) is 6.95. The number of anilines is 1. The Kier molecular flexibility index (Phi) is 5.55. The van der Waals surface area contributed by atoms with Gasteiger partial charge in [-0.2, -0.15) is 0 Å². The highest BCUT2D eigenvalue weighted by atomic mass is 35.5. The maximum atomic E-state index is 12.7. The number of nitrogens with zero attached hydrogens (tertiary/aromatic N) is 2. The van der Waals surface area contributed by atoms with E-state index in [1.807, 2.05) is 0 Å². The first-order valence-corrected chi connectivity index (χ1v) is 9.31. The zero-order valence-electron chi connectivity index (χ0n) is 12.6. The van der Waals surface area contributed by atoms with Crippen molar-refractivity contribution in [2.75, 3.05) is 4.90 Å². The number of hydrogen-bond acceptors (Lipinski definition) is 5. The fraction of sp³-hybridized carbons (Fsp3) is 0. The van der Waals surface area contributed by atoms with Gasteiger partial charge in [-0.25, -0.2) is 0 Å². The molecule has 0 N–H and O–H groups in total. The van der Waals surface area contributed by atoms with Crippen molar-refractivity contribution in [2.45, 2.75) is 0 Å². The predicted octanol–water partition coefficient (Wildman–Crippen LogP) is 5.96. The van der Waals surface area contributed by atoms with Crippen LogP contribution in [0.5, 0.6) is 0 Å². The van der Waals surface area contributed by atoms with Gasteiger partial charge in [0.1, 0.15) is 0 Å². The smallest absolute Gasteiger partial charge is 0.268 e. The number of nitro benzene ring substituents is 1. The normalized spacial score (nSPS) is 15.8. The van der Waals surface area contributed by atoms with Crippen molar-refractivity contribution in [3.05, 3.63) is 72.0 Å². The lowest BCUT2D eigenvalue weighted by Crippen LogP contribution is -2.27. The number of benzene rings is 2. The Morgan fingerprint density at radius 3 is 2.42 bits per heavy atom. The first kappa shape index (κ1) is 19.1. The molecular formula is C16H7Cl3N2O3S2. The highest BCUT2D eigenvalue weighted by Gasteiger charge is 2.33. The molecule has 5 nitrogen and oxygen atoms in total. The predicted molar refractivity (Wildman–Crippen MR) is 110 cm³/mol. The molecule has 0 radical (unpaired) electrons. The molecule has 0 bridgehead atoms. The van der Waals surface area contributed by atoms with Crippen LogP contribution in [-0.4, -0.2) is 15.2 Å². The molecule has 1 heterocycles. The highest BCUT2D eigenvalue weighted by Crippen LogP contribution is 2.38. The zero-order chi connectivity index (χ0) is 19.0. The monoisotopic (exact) mass is 444 g/mol. The van der Waals surface area contributed by atoms with Gasteiger partial charge in [0, 0.05) is 22.7 Å². The minimum atomic E-state index is -0.533. The maximum Gasteiger partial charge on any atom is 0.270 e.